The van der Waals surface area contributed by atoms with Crippen LogP contribution in [0.15, 0.2) is 53.8 Å². The third kappa shape index (κ3) is 5.96. The summed E-state index contributed by atoms with van der Waals surface area (Å²) in [7, 11) is 1.59. The second kappa shape index (κ2) is 11.7. The van der Waals surface area contributed by atoms with E-state index in [0.717, 1.165) is 27.6 Å². The standard InChI is InChI=1S/C26H29N7O4/c1-35-23-14-18(6-7-19(23)17-34)8-11-37-26-30-24(29-25(31-26)33-9-12-36-13-10-33)32-28-16-20-15-27-22-5-3-2-4-21(20)22/h2-7,14-16,27,34H,8-13,17H2,1H3,(H,29,30,31,32)/b28-16+. The first kappa shape index (κ1) is 24.5. The average Bonchev–Trinajstić information content (AvgIpc) is 3.36. The number of rotatable bonds is 10. The number of aliphatic hydroxyl groups is 1. The van der Waals surface area contributed by atoms with Gasteiger partial charge in [0.25, 0.3) is 5.95 Å². The summed E-state index contributed by atoms with van der Waals surface area (Å²) in [6, 6.07) is 13.9. The molecule has 1 fully saturated rings. The smallest absolute Gasteiger partial charge is 0.323 e. The summed E-state index contributed by atoms with van der Waals surface area (Å²) in [5.41, 5.74) is 6.66. The van der Waals surface area contributed by atoms with Crippen molar-refractivity contribution in [2.75, 3.05) is 50.3 Å². The molecule has 0 spiro atoms. The number of fused-ring (bicyclic) bond motifs is 1. The van der Waals surface area contributed by atoms with E-state index in [-0.39, 0.29) is 18.6 Å². The van der Waals surface area contributed by atoms with Gasteiger partial charge in [0.05, 0.1) is 39.8 Å². The van der Waals surface area contributed by atoms with E-state index in [1.807, 2.05) is 53.6 Å². The Balaban J connectivity index is 1.30. The molecule has 0 radical (unpaired) electrons. The number of hydrazone groups is 1. The number of morpholine rings is 1. The van der Waals surface area contributed by atoms with Crippen LogP contribution in [-0.2, 0) is 17.8 Å². The molecule has 1 aliphatic rings. The van der Waals surface area contributed by atoms with Gasteiger partial charge in [0, 0.05) is 47.7 Å². The lowest BCUT2D eigenvalue weighted by Gasteiger charge is -2.26. The lowest BCUT2D eigenvalue weighted by atomic mass is 10.1. The van der Waals surface area contributed by atoms with Crippen molar-refractivity contribution in [2.24, 2.45) is 5.10 Å². The van der Waals surface area contributed by atoms with Crippen molar-refractivity contribution < 1.29 is 19.3 Å². The van der Waals surface area contributed by atoms with Gasteiger partial charge < -0.3 is 29.2 Å². The molecular formula is C26H29N7O4. The lowest BCUT2D eigenvalue weighted by Crippen LogP contribution is -2.37. The van der Waals surface area contributed by atoms with E-state index in [0.29, 0.717) is 51.0 Å². The second-order valence-electron chi connectivity index (χ2n) is 8.40. The molecule has 37 heavy (non-hydrogen) atoms. The Labute approximate surface area is 214 Å². The Morgan fingerprint density at radius 2 is 2.03 bits per heavy atom. The second-order valence-corrected chi connectivity index (χ2v) is 8.40. The minimum atomic E-state index is -0.0757. The fourth-order valence-corrected chi connectivity index (χ4v) is 4.06. The molecule has 0 saturated carbocycles. The summed E-state index contributed by atoms with van der Waals surface area (Å²) >= 11 is 0. The number of aromatic amines is 1. The first-order valence-corrected chi connectivity index (χ1v) is 12.1. The molecule has 3 N–H and O–H groups in total. The SMILES string of the molecule is COc1cc(CCOc2nc(N/N=C/c3c[nH]c4ccccc34)nc(N3CCOCC3)n2)ccc1CO. The van der Waals surface area contributed by atoms with E-state index in [1.54, 1.807) is 13.3 Å². The fraction of sp³-hybridized carbons (Fsp3) is 0.308. The minimum Gasteiger partial charge on any atom is -0.496 e. The number of hydrogen-bond donors (Lipinski definition) is 3. The van der Waals surface area contributed by atoms with E-state index in [1.165, 1.54) is 0 Å². The van der Waals surface area contributed by atoms with Crippen molar-refractivity contribution in [1.29, 1.82) is 0 Å². The van der Waals surface area contributed by atoms with Gasteiger partial charge in [0.15, 0.2) is 0 Å². The van der Waals surface area contributed by atoms with E-state index >= 15 is 0 Å². The first-order valence-electron chi connectivity index (χ1n) is 12.1. The Kier molecular flexibility index (Phi) is 7.72. The van der Waals surface area contributed by atoms with Crippen LogP contribution in [0.25, 0.3) is 10.9 Å². The van der Waals surface area contributed by atoms with Gasteiger partial charge in [-0.15, -0.1) is 0 Å². The predicted molar refractivity (Wildman–Crippen MR) is 140 cm³/mol. The molecular weight excluding hydrogens is 474 g/mol. The molecule has 2 aromatic heterocycles. The van der Waals surface area contributed by atoms with Crippen LogP contribution in [0.4, 0.5) is 11.9 Å². The number of H-pyrrole nitrogens is 1. The van der Waals surface area contributed by atoms with Crippen LogP contribution in [-0.4, -0.2) is 71.3 Å². The molecule has 11 heteroatoms. The van der Waals surface area contributed by atoms with Crippen molar-refractivity contribution in [3.8, 4) is 11.8 Å². The highest BCUT2D eigenvalue weighted by atomic mass is 16.5. The van der Waals surface area contributed by atoms with E-state index < -0.39 is 0 Å². The molecule has 1 saturated heterocycles. The third-order valence-corrected chi connectivity index (χ3v) is 6.03. The van der Waals surface area contributed by atoms with Crippen LogP contribution in [0.5, 0.6) is 11.8 Å². The summed E-state index contributed by atoms with van der Waals surface area (Å²) in [5.74, 6) is 1.44. The number of anilines is 2. The molecule has 0 unspecified atom stereocenters. The number of aromatic nitrogens is 4. The number of methoxy groups -OCH3 is 1. The van der Waals surface area contributed by atoms with Gasteiger partial charge in [-0.25, -0.2) is 5.43 Å². The topological polar surface area (TPSA) is 130 Å². The summed E-state index contributed by atoms with van der Waals surface area (Å²) in [6.07, 6.45) is 4.24. The summed E-state index contributed by atoms with van der Waals surface area (Å²) in [4.78, 5) is 18.7. The Morgan fingerprint density at radius 1 is 1.16 bits per heavy atom. The predicted octanol–water partition coefficient (Wildman–Crippen LogP) is 2.76. The van der Waals surface area contributed by atoms with E-state index in [9.17, 15) is 5.11 Å². The van der Waals surface area contributed by atoms with Crippen LogP contribution in [0.2, 0.25) is 0 Å². The highest BCUT2D eigenvalue weighted by molar-refractivity contribution is 5.99. The van der Waals surface area contributed by atoms with Crippen LogP contribution < -0.4 is 19.8 Å². The number of nitrogens with one attached hydrogen (secondary N) is 2. The normalized spacial score (nSPS) is 13.8. The highest BCUT2D eigenvalue weighted by Crippen LogP contribution is 2.21. The van der Waals surface area contributed by atoms with Gasteiger partial charge in [-0.1, -0.05) is 30.3 Å². The molecule has 0 bridgehead atoms. The maximum atomic E-state index is 9.43. The summed E-state index contributed by atoms with van der Waals surface area (Å²) in [6.45, 7) is 2.85. The third-order valence-electron chi connectivity index (χ3n) is 6.03. The zero-order valence-electron chi connectivity index (χ0n) is 20.6. The van der Waals surface area contributed by atoms with Crippen molar-refractivity contribution in [3.05, 3.63) is 65.4 Å². The van der Waals surface area contributed by atoms with Crippen LogP contribution in [0, 0.1) is 0 Å². The van der Waals surface area contributed by atoms with Gasteiger partial charge >= 0.3 is 6.01 Å². The highest BCUT2D eigenvalue weighted by Gasteiger charge is 2.17. The molecule has 192 valence electrons. The van der Waals surface area contributed by atoms with E-state index in [2.05, 4.69) is 30.5 Å². The summed E-state index contributed by atoms with van der Waals surface area (Å²) < 4.78 is 16.7. The van der Waals surface area contributed by atoms with Crippen molar-refractivity contribution in [3.63, 3.8) is 0 Å². The average molecular weight is 504 g/mol. The molecule has 0 atom stereocenters. The zero-order valence-corrected chi connectivity index (χ0v) is 20.6. The summed E-state index contributed by atoms with van der Waals surface area (Å²) in [5, 5.41) is 14.8. The van der Waals surface area contributed by atoms with Gasteiger partial charge in [-0.05, 0) is 17.7 Å². The molecule has 4 aromatic rings. The minimum absolute atomic E-state index is 0.0757. The van der Waals surface area contributed by atoms with Crippen molar-refractivity contribution in [1.82, 2.24) is 19.9 Å². The maximum Gasteiger partial charge on any atom is 0.323 e. The largest absolute Gasteiger partial charge is 0.496 e. The Bertz CT molecular complexity index is 1370. The fourth-order valence-electron chi connectivity index (χ4n) is 4.06. The number of benzene rings is 2. The zero-order chi connectivity index (χ0) is 25.5. The number of nitrogens with zero attached hydrogens (tertiary/aromatic N) is 5. The van der Waals surface area contributed by atoms with Gasteiger partial charge in [-0.2, -0.15) is 20.1 Å². The quantitative estimate of drug-likeness (QED) is 0.221. The van der Waals surface area contributed by atoms with Crippen LogP contribution >= 0.6 is 0 Å². The number of aliphatic hydroxyl groups excluding tert-OH is 1. The Hall–Kier alpha value is -4.22. The molecule has 0 amide bonds. The lowest BCUT2D eigenvalue weighted by molar-refractivity contribution is 0.122. The first-order chi connectivity index (χ1) is 18.2. The molecule has 3 heterocycles. The van der Waals surface area contributed by atoms with E-state index in [4.69, 9.17) is 14.2 Å². The monoisotopic (exact) mass is 503 g/mol. The van der Waals surface area contributed by atoms with Crippen LogP contribution in [0.1, 0.15) is 16.7 Å². The number of hydrogen-bond acceptors (Lipinski definition) is 10. The Morgan fingerprint density at radius 3 is 2.86 bits per heavy atom. The molecule has 0 aliphatic carbocycles. The van der Waals surface area contributed by atoms with Crippen molar-refractivity contribution in [2.45, 2.75) is 13.0 Å². The maximum absolute atomic E-state index is 9.43. The van der Waals surface area contributed by atoms with Crippen molar-refractivity contribution >= 4 is 29.0 Å². The van der Waals surface area contributed by atoms with Gasteiger partial charge in [0.1, 0.15) is 5.75 Å². The number of para-hydroxylation sites is 1. The molecule has 1 aliphatic heterocycles. The molecule has 11 nitrogen and oxygen atoms in total. The molecule has 5 rings (SSSR count). The van der Waals surface area contributed by atoms with Gasteiger partial charge in [-0.3, -0.25) is 0 Å². The van der Waals surface area contributed by atoms with Crippen LogP contribution in [0.3, 0.4) is 0 Å². The number of ether oxygens (including phenoxy) is 3. The molecule has 2 aromatic carbocycles. The van der Waals surface area contributed by atoms with Gasteiger partial charge in [0.2, 0.25) is 5.95 Å².